The highest BCUT2D eigenvalue weighted by Crippen LogP contribution is 2.47. The molecule has 1 saturated carbocycles. The Labute approximate surface area is 250 Å². The van der Waals surface area contributed by atoms with E-state index in [1.807, 2.05) is 91.0 Å². The van der Waals surface area contributed by atoms with Crippen LogP contribution in [0.3, 0.4) is 0 Å². The number of hydrogen-bond acceptors (Lipinski definition) is 7. The number of hydrogen-bond donors (Lipinski definition) is 2. The minimum atomic E-state index is -1.67. The summed E-state index contributed by atoms with van der Waals surface area (Å²) in [6.45, 7) is 1.52. The summed E-state index contributed by atoms with van der Waals surface area (Å²) in [6, 6.07) is 33.1. The van der Waals surface area contributed by atoms with Gasteiger partial charge < -0.3 is 14.6 Å². The molecule has 7 nitrogen and oxygen atoms in total. The van der Waals surface area contributed by atoms with Crippen molar-refractivity contribution in [2.24, 2.45) is 16.9 Å². The zero-order chi connectivity index (χ0) is 30.2. The molecule has 4 aromatic rings. The summed E-state index contributed by atoms with van der Waals surface area (Å²) < 4.78 is 25.6. The van der Waals surface area contributed by atoms with Gasteiger partial charge in [0, 0.05) is 12.3 Å². The summed E-state index contributed by atoms with van der Waals surface area (Å²) in [5.41, 5.74) is 4.32. The van der Waals surface area contributed by atoms with E-state index in [9.17, 15) is 19.1 Å². The predicted molar refractivity (Wildman–Crippen MR) is 161 cm³/mol. The number of carbonyl (C=O) groups excluding carboxylic acids is 2. The second-order valence-corrected chi connectivity index (χ2v) is 10.8. The molecule has 8 heteroatoms. The van der Waals surface area contributed by atoms with Gasteiger partial charge in [0.1, 0.15) is 24.9 Å². The SMILES string of the molecule is C[C@]1(O)C/C(=N\Nc2ccccc2)[C@H](C(=O)OCc2ccccc2)[C@H](c2ccc(F)cc2)[C@H]1C(=O)OCc1ccccc1. The Balaban J connectivity index is 1.54. The van der Waals surface area contributed by atoms with Gasteiger partial charge in [-0.15, -0.1) is 0 Å². The first-order valence-corrected chi connectivity index (χ1v) is 14.1. The molecule has 0 amide bonds. The molecule has 2 N–H and O–H groups in total. The molecule has 1 aliphatic carbocycles. The van der Waals surface area contributed by atoms with Crippen molar-refractivity contribution >= 4 is 23.3 Å². The maximum atomic E-state index is 14.1. The maximum absolute atomic E-state index is 14.1. The van der Waals surface area contributed by atoms with Crippen LogP contribution in [0.25, 0.3) is 0 Å². The lowest BCUT2D eigenvalue weighted by Gasteiger charge is -2.45. The van der Waals surface area contributed by atoms with E-state index >= 15 is 0 Å². The van der Waals surface area contributed by atoms with Gasteiger partial charge in [-0.1, -0.05) is 91.0 Å². The summed E-state index contributed by atoms with van der Waals surface area (Å²) in [5, 5.41) is 16.4. The van der Waals surface area contributed by atoms with Gasteiger partial charge in [0.15, 0.2) is 0 Å². The third-order valence-electron chi connectivity index (χ3n) is 7.60. The van der Waals surface area contributed by atoms with E-state index in [0.29, 0.717) is 17.0 Å². The van der Waals surface area contributed by atoms with Crippen LogP contribution in [0.5, 0.6) is 0 Å². The number of nitrogens with one attached hydrogen (secondary N) is 1. The first kappa shape index (κ1) is 29.7. The molecule has 0 aromatic heterocycles. The number of para-hydroxylation sites is 1. The Hall–Kier alpha value is -4.82. The lowest BCUT2D eigenvalue weighted by Crippen LogP contribution is -2.55. The molecule has 4 aromatic carbocycles. The molecule has 0 spiro atoms. The Kier molecular flexibility index (Phi) is 9.27. The van der Waals surface area contributed by atoms with Crippen LogP contribution in [-0.2, 0) is 32.3 Å². The lowest BCUT2D eigenvalue weighted by atomic mass is 9.61. The maximum Gasteiger partial charge on any atom is 0.315 e. The first-order chi connectivity index (χ1) is 20.8. The predicted octanol–water partition coefficient (Wildman–Crippen LogP) is 6.25. The third kappa shape index (κ3) is 7.34. The van der Waals surface area contributed by atoms with Crippen molar-refractivity contribution in [1.29, 1.82) is 0 Å². The van der Waals surface area contributed by atoms with Crippen molar-refractivity contribution in [3.8, 4) is 0 Å². The van der Waals surface area contributed by atoms with Crippen molar-refractivity contribution < 1.29 is 28.6 Å². The Bertz CT molecular complexity index is 1540. The highest BCUT2D eigenvalue weighted by molar-refractivity contribution is 6.06. The number of anilines is 1. The number of hydrazone groups is 1. The Morgan fingerprint density at radius 1 is 0.814 bits per heavy atom. The van der Waals surface area contributed by atoms with Crippen molar-refractivity contribution in [2.75, 3.05) is 5.43 Å². The van der Waals surface area contributed by atoms with Gasteiger partial charge in [-0.05, 0) is 47.9 Å². The minimum Gasteiger partial charge on any atom is -0.461 e. The largest absolute Gasteiger partial charge is 0.461 e. The summed E-state index contributed by atoms with van der Waals surface area (Å²) >= 11 is 0. The van der Waals surface area contributed by atoms with E-state index < -0.39 is 41.1 Å². The van der Waals surface area contributed by atoms with Crippen LogP contribution in [0.4, 0.5) is 10.1 Å². The lowest BCUT2D eigenvalue weighted by molar-refractivity contribution is -0.165. The van der Waals surface area contributed by atoms with Crippen LogP contribution in [0, 0.1) is 17.7 Å². The van der Waals surface area contributed by atoms with Crippen LogP contribution in [-0.4, -0.2) is 28.4 Å². The number of benzene rings is 4. The Morgan fingerprint density at radius 3 is 1.88 bits per heavy atom. The fourth-order valence-corrected chi connectivity index (χ4v) is 5.52. The van der Waals surface area contributed by atoms with E-state index in [2.05, 4.69) is 10.5 Å². The van der Waals surface area contributed by atoms with Crippen molar-refractivity contribution in [2.45, 2.75) is 38.1 Å². The number of nitrogens with zero attached hydrogens (tertiary/aromatic N) is 1. The van der Waals surface area contributed by atoms with E-state index in [-0.39, 0.29) is 19.6 Å². The summed E-state index contributed by atoms with van der Waals surface area (Å²) in [4.78, 5) is 27.8. The van der Waals surface area contributed by atoms with Crippen LogP contribution < -0.4 is 5.43 Å². The van der Waals surface area contributed by atoms with E-state index in [1.165, 1.54) is 31.2 Å². The molecule has 0 heterocycles. The molecule has 4 atom stereocenters. The monoisotopic (exact) mass is 580 g/mol. The van der Waals surface area contributed by atoms with Gasteiger partial charge in [0.25, 0.3) is 0 Å². The zero-order valence-corrected chi connectivity index (χ0v) is 23.7. The number of ether oxygens (including phenoxy) is 2. The molecule has 0 bridgehead atoms. The van der Waals surface area contributed by atoms with Crippen LogP contribution in [0.15, 0.2) is 120 Å². The molecular formula is C35H33FN2O5. The van der Waals surface area contributed by atoms with Crippen LogP contribution >= 0.6 is 0 Å². The molecule has 1 fully saturated rings. The highest BCUT2D eigenvalue weighted by Gasteiger charge is 2.56. The van der Waals surface area contributed by atoms with E-state index in [0.717, 1.165) is 11.1 Å². The molecule has 5 rings (SSSR count). The molecule has 0 saturated heterocycles. The quantitative estimate of drug-likeness (QED) is 0.179. The van der Waals surface area contributed by atoms with Crippen molar-refractivity contribution in [3.63, 3.8) is 0 Å². The molecule has 0 unspecified atom stereocenters. The molecule has 1 aliphatic rings. The number of carbonyl (C=O) groups is 2. The second-order valence-electron chi connectivity index (χ2n) is 10.8. The van der Waals surface area contributed by atoms with Crippen LogP contribution in [0.1, 0.15) is 36.0 Å². The van der Waals surface area contributed by atoms with Gasteiger partial charge >= 0.3 is 11.9 Å². The average molecular weight is 581 g/mol. The van der Waals surface area contributed by atoms with E-state index in [4.69, 9.17) is 9.47 Å². The first-order valence-electron chi connectivity index (χ1n) is 14.1. The fourth-order valence-electron chi connectivity index (χ4n) is 5.52. The molecular weight excluding hydrogens is 547 g/mol. The summed E-state index contributed by atoms with van der Waals surface area (Å²) in [7, 11) is 0. The van der Waals surface area contributed by atoms with Crippen molar-refractivity contribution in [3.05, 3.63) is 138 Å². The van der Waals surface area contributed by atoms with Gasteiger partial charge in [0.2, 0.25) is 0 Å². The fraction of sp³-hybridized carbons (Fsp3) is 0.229. The standard InChI is InChI=1S/C35H33FN2O5/c1-35(41)21-29(38-37-28-15-9-4-10-16-28)31(33(39)42-22-24-11-5-2-6-12-24)30(26-17-19-27(36)20-18-26)32(35)34(40)43-23-25-13-7-3-8-14-25/h2-20,30-32,37,41H,21-23H2,1H3/b38-29+/t30-,31-,32-,35-/m0/s1. The molecule has 0 radical (unpaired) electrons. The second kappa shape index (κ2) is 13.4. The van der Waals surface area contributed by atoms with Gasteiger partial charge in [-0.3, -0.25) is 15.0 Å². The topological polar surface area (TPSA) is 97.2 Å². The molecule has 0 aliphatic heterocycles. The Morgan fingerprint density at radius 2 is 1.33 bits per heavy atom. The van der Waals surface area contributed by atoms with Gasteiger partial charge in [0.05, 0.1) is 22.9 Å². The average Bonchev–Trinajstić information content (AvgIpc) is 3.02. The smallest absolute Gasteiger partial charge is 0.315 e. The normalized spacial score (nSPS) is 22.5. The van der Waals surface area contributed by atoms with Crippen LogP contribution in [0.2, 0.25) is 0 Å². The zero-order valence-electron chi connectivity index (χ0n) is 23.7. The molecule has 220 valence electrons. The van der Waals surface area contributed by atoms with Crippen molar-refractivity contribution in [1.82, 2.24) is 0 Å². The highest BCUT2D eigenvalue weighted by atomic mass is 19.1. The summed E-state index contributed by atoms with van der Waals surface area (Å²) in [5.74, 6) is -5.02. The van der Waals surface area contributed by atoms with E-state index in [1.54, 1.807) is 0 Å². The number of aliphatic hydroxyl groups is 1. The van der Waals surface area contributed by atoms with Gasteiger partial charge in [-0.2, -0.15) is 5.10 Å². The molecule has 43 heavy (non-hydrogen) atoms. The number of rotatable bonds is 9. The minimum absolute atomic E-state index is 0.00518. The number of esters is 2. The number of halogens is 1. The summed E-state index contributed by atoms with van der Waals surface area (Å²) in [6.07, 6.45) is -0.110. The van der Waals surface area contributed by atoms with Gasteiger partial charge in [-0.25, -0.2) is 4.39 Å². The third-order valence-corrected chi connectivity index (χ3v) is 7.60.